The van der Waals surface area contributed by atoms with Crippen molar-refractivity contribution in [2.75, 3.05) is 13.7 Å². The SMILES string of the molecule is CCC(F)(CCOC)C(C)C. The smallest absolute Gasteiger partial charge is 0.115 e. The lowest BCUT2D eigenvalue weighted by atomic mass is 9.87. The fourth-order valence-electron chi connectivity index (χ4n) is 1.15. The predicted molar refractivity (Wildman–Crippen MR) is 45.5 cm³/mol. The van der Waals surface area contributed by atoms with E-state index in [-0.39, 0.29) is 5.92 Å². The second kappa shape index (κ2) is 4.70. The summed E-state index contributed by atoms with van der Waals surface area (Å²) in [7, 11) is 1.61. The molecule has 0 fully saturated rings. The van der Waals surface area contributed by atoms with Gasteiger partial charge in [0.2, 0.25) is 0 Å². The summed E-state index contributed by atoms with van der Waals surface area (Å²) in [6, 6.07) is 0. The highest BCUT2D eigenvalue weighted by Crippen LogP contribution is 2.29. The Hall–Kier alpha value is -0.110. The fourth-order valence-corrected chi connectivity index (χ4v) is 1.15. The van der Waals surface area contributed by atoms with E-state index in [4.69, 9.17) is 4.74 Å². The van der Waals surface area contributed by atoms with Crippen LogP contribution in [0, 0.1) is 5.92 Å². The zero-order valence-corrected chi connectivity index (χ0v) is 7.98. The zero-order chi connectivity index (χ0) is 8.91. The molecule has 1 unspecified atom stereocenters. The number of hydrogen-bond donors (Lipinski definition) is 0. The minimum absolute atomic E-state index is 0.0858. The van der Waals surface area contributed by atoms with Crippen molar-refractivity contribution in [3.8, 4) is 0 Å². The van der Waals surface area contributed by atoms with Crippen LogP contribution in [0.5, 0.6) is 0 Å². The lowest BCUT2D eigenvalue weighted by molar-refractivity contribution is 0.0491. The van der Waals surface area contributed by atoms with Crippen LogP contribution in [-0.4, -0.2) is 19.4 Å². The van der Waals surface area contributed by atoms with Gasteiger partial charge >= 0.3 is 0 Å². The largest absolute Gasteiger partial charge is 0.385 e. The van der Waals surface area contributed by atoms with Gasteiger partial charge in [0.05, 0.1) is 0 Å². The van der Waals surface area contributed by atoms with Crippen LogP contribution < -0.4 is 0 Å². The molecule has 0 saturated carbocycles. The van der Waals surface area contributed by atoms with Crippen LogP contribution in [-0.2, 0) is 4.74 Å². The molecule has 0 rings (SSSR count). The van der Waals surface area contributed by atoms with E-state index in [1.165, 1.54) is 0 Å². The first-order chi connectivity index (χ1) is 5.06. The van der Waals surface area contributed by atoms with Crippen LogP contribution in [0.4, 0.5) is 4.39 Å². The summed E-state index contributed by atoms with van der Waals surface area (Å²) in [5.41, 5.74) is -1.03. The molecule has 0 radical (unpaired) electrons. The summed E-state index contributed by atoms with van der Waals surface area (Å²) >= 11 is 0. The molecule has 0 spiro atoms. The van der Waals surface area contributed by atoms with Gasteiger partial charge in [-0.3, -0.25) is 0 Å². The average molecular weight is 162 g/mol. The highest BCUT2D eigenvalue weighted by Gasteiger charge is 2.30. The second-order valence-corrected chi connectivity index (χ2v) is 3.29. The van der Waals surface area contributed by atoms with Gasteiger partial charge in [0.15, 0.2) is 0 Å². The Bertz CT molecular complexity index is 104. The van der Waals surface area contributed by atoms with Crippen LogP contribution in [0.3, 0.4) is 0 Å². The van der Waals surface area contributed by atoms with Crippen LogP contribution in [0.25, 0.3) is 0 Å². The predicted octanol–water partition coefficient (Wildman–Crippen LogP) is 2.80. The molecule has 0 N–H and O–H groups in total. The molecule has 68 valence electrons. The third-order valence-corrected chi connectivity index (χ3v) is 2.34. The maximum absolute atomic E-state index is 13.8. The quantitative estimate of drug-likeness (QED) is 0.604. The Labute approximate surface area is 68.9 Å². The molecule has 2 heteroatoms. The summed E-state index contributed by atoms with van der Waals surface area (Å²) < 4.78 is 18.6. The number of ether oxygens (including phenoxy) is 1. The van der Waals surface area contributed by atoms with Gasteiger partial charge in [-0.05, 0) is 12.3 Å². The van der Waals surface area contributed by atoms with Crippen LogP contribution in [0.15, 0.2) is 0 Å². The number of hydrogen-bond acceptors (Lipinski definition) is 1. The van der Waals surface area contributed by atoms with Crippen molar-refractivity contribution in [3.63, 3.8) is 0 Å². The van der Waals surface area contributed by atoms with E-state index in [0.29, 0.717) is 19.4 Å². The van der Waals surface area contributed by atoms with Crippen molar-refractivity contribution in [2.24, 2.45) is 5.92 Å². The molecular weight excluding hydrogens is 143 g/mol. The molecule has 0 aliphatic carbocycles. The summed E-state index contributed by atoms with van der Waals surface area (Å²) in [5, 5.41) is 0. The Morgan fingerprint density at radius 2 is 2.00 bits per heavy atom. The highest BCUT2D eigenvalue weighted by atomic mass is 19.1. The molecule has 0 saturated heterocycles. The first-order valence-electron chi connectivity index (χ1n) is 4.24. The van der Waals surface area contributed by atoms with Gasteiger partial charge in [-0.2, -0.15) is 0 Å². The van der Waals surface area contributed by atoms with Crippen molar-refractivity contribution in [2.45, 2.75) is 39.3 Å². The van der Waals surface area contributed by atoms with E-state index in [1.54, 1.807) is 7.11 Å². The Balaban J connectivity index is 3.88. The number of methoxy groups -OCH3 is 1. The average Bonchev–Trinajstić information content (AvgIpc) is 2.00. The molecule has 0 bridgehead atoms. The Morgan fingerprint density at radius 3 is 2.27 bits per heavy atom. The topological polar surface area (TPSA) is 9.23 Å². The van der Waals surface area contributed by atoms with Crippen LogP contribution in [0.2, 0.25) is 0 Å². The van der Waals surface area contributed by atoms with Crippen LogP contribution in [0.1, 0.15) is 33.6 Å². The highest BCUT2D eigenvalue weighted by molar-refractivity contribution is 4.80. The van der Waals surface area contributed by atoms with Crippen molar-refractivity contribution >= 4 is 0 Å². The normalized spacial score (nSPS) is 16.9. The lowest BCUT2D eigenvalue weighted by Crippen LogP contribution is -2.30. The van der Waals surface area contributed by atoms with Gasteiger partial charge < -0.3 is 4.74 Å². The van der Waals surface area contributed by atoms with E-state index in [2.05, 4.69) is 0 Å². The molecule has 0 aliphatic rings. The van der Waals surface area contributed by atoms with Crippen molar-refractivity contribution in [1.29, 1.82) is 0 Å². The van der Waals surface area contributed by atoms with E-state index in [1.807, 2.05) is 20.8 Å². The summed E-state index contributed by atoms with van der Waals surface area (Å²) in [6.45, 7) is 6.23. The first-order valence-corrected chi connectivity index (χ1v) is 4.24. The molecule has 0 amide bonds. The monoisotopic (exact) mass is 162 g/mol. The van der Waals surface area contributed by atoms with E-state index < -0.39 is 5.67 Å². The van der Waals surface area contributed by atoms with Gasteiger partial charge in [-0.1, -0.05) is 20.8 Å². The van der Waals surface area contributed by atoms with Gasteiger partial charge in [0.25, 0.3) is 0 Å². The van der Waals surface area contributed by atoms with E-state index in [0.717, 1.165) is 0 Å². The minimum Gasteiger partial charge on any atom is -0.385 e. The molecule has 0 aromatic carbocycles. The van der Waals surface area contributed by atoms with Gasteiger partial charge in [0.1, 0.15) is 5.67 Å². The molecule has 0 aromatic rings. The maximum Gasteiger partial charge on any atom is 0.115 e. The van der Waals surface area contributed by atoms with E-state index in [9.17, 15) is 4.39 Å². The van der Waals surface area contributed by atoms with Crippen LogP contribution >= 0.6 is 0 Å². The molecule has 11 heavy (non-hydrogen) atoms. The third-order valence-electron chi connectivity index (χ3n) is 2.34. The maximum atomic E-state index is 13.8. The summed E-state index contributed by atoms with van der Waals surface area (Å²) in [6.07, 6.45) is 1.09. The molecular formula is C9H19FO. The van der Waals surface area contributed by atoms with Crippen molar-refractivity contribution in [1.82, 2.24) is 0 Å². The first kappa shape index (κ1) is 10.9. The number of halogens is 1. The van der Waals surface area contributed by atoms with Crippen molar-refractivity contribution < 1.29 is 9.13 Å². The Morgan fingerprint density at radius 1 is 1.45 bits per heavy atom. The number of alkyl halides is 1. The summed E-state index contributed by atoms with van der Waals surface area (Å²) in [5.74, 6) is 0.0858. The van der Waals surface area contributed by atoms with E-state index >= 15 is 0 Å². The third kappa shape index (κ3) is 3.19. The molecule has 0 aromatic heterocycles. The lowest BCUT2D eigenvalue weighted by Gasteiger charge is -2.27. The summed E-state index contributed by atoms with van der Waals surface area (Å²) in [4.78, 5) is 0. The molecule has 0 aliphatic heterocycles. The molecule has 1 nitrogen and oxygen atoms in total. The molecule has 1 atom stereocenters. The molecule has 0 heterocycles. The van der Waals surface area contributed by atoms with Crippen molar-refractivity contribution in [3.05, 3.63) is 0 Å². The van der Waals surface area contributed by atoms with Gasteiger partial charge in [-0.25, -0.2) is 4.39 Å². The van der Waals surface area contributed by atoms with Gasteiger partial charge in [-0.15, -0.1) is 0 Å². The Kier molecular flexibility index (Phi) is 4.66. The zero-order valence-electron chi connectivity index (χ0n) is 7.98. The minimum atomic E-state index is -1.03. The number of rotatable bonds is 5. The second-order valence-electron chi connectivity index (χ2n) is 3.29. The fraction of sp³-hybridized carbons (Fsp3) is 1.00. The van der Waals surface area contributed by atoms with Gasteiger partial charge in [0, 0.05) is 20.1 Å². The standard InChI is InChI=1S/C9H19FO/c1-5-9(10,8(2)3)6-7-11-4/h8H,5-7H2,1-4H3.